The second kappa shape index (κ2) is 8.38. The predicted octanol–water partition coefficient (Wildman–Crippen LogP) is 3.32. The summed E-state index contributed by atoms with van der Waals surface area (Å²) in [6, 6.07) is 6.67. The van der Waals surface area contributed by atoms with Gasteiger partial charge in [0, 0.05) is 31.9 Å². The van der Waals surface area contributed by atoms with Crippen molar-refractivity contribution in [1.29, 1.82) is 0 Å². The number of rotatable bonds is 9. The van der Waals surface area contributed by atoms with E-state index >= 15 is 0 Å². The van der Waals surface area contributed by atoms with Crippen LogP contribution >= 0.6 is 0 Å². The van der Waals surface area contributed by atoms with Gasteiger partial charge in [-0.1, -0.05) is 40.2 Å². The molecular weight excluding hydrogens is 246 g/mol. The van der Waals surface area contributed by atoms with Crippen LogP contribution in [0.25, 0.3) is 0 Å². The summed E-state index contributed by atoms with van der Waals surface area (Å²) in [4.78, 5) is 6.80. The standard InChI is InChI=1S/C17H31N3/c1-6-10-17(4,13-19-15(2)3)14-20(5)12-16-9-7-8-11-18-16/h7-9,11,15,19H,6,10,12-14H2,1-5H3. The lowest BCUT2D eigenvalue weighted by Gasteiger charge is -2.34. The molecule has 0 aliphatic heterocycles. The number of hydrogen-bond donors (Lipinski definition) is 1. The van der Waals surface area contributed by atoms with E-state index in [1.807, 2.05) is 12.3 Å². The first-order chi connectivity index (χ1) is 9.45. The van der Waals surface area contributed by atoms with E-state index in [0.29, 0.717) is 11.5 Å². The zero-order valence-corrected chi connectivity index (χ0v) is 13.8. The van der Waals surface area contributed by atoms with E-state index in [4.69, 9.17) is 0 Å². The van der Waals surface area contributed by atoms with Gasteiger partial charge < -0.3 is 5.32 Å². The fourth-order valence-electron chi connectivity index (χ4n) is 2.75. The van der Waals surface area contributed by atoms with Crippen molar-refractivity contribution in [2.75, 3.05) is 20.1 Å². The second-order valence-corrected chi connectivity index (χ2v) is 6.59. The number of aromatic nitrogens is 1. The van der Waals surface area contributed by atoms with E-state index in [1.54, 1.807) is 0 Å². The van der Waals surface area contributed by atoms with Crippen molar-refractivity contribution in [2.24, 2.45) is 5.41 Å². The van der Waals surface area contributed by atoms with Gasteiger partial charge in [-0.2, -0.15) is 0 Å². The Kier molecular flexibility index (Phi) is 7.17. The Bertz CT molecular complexity index is 364. The van der Waals surface area contributed by atoms with Gasteiger partial charge in [-0.05, 0) is 31.0 Å². The highest BCUT2D eigenvalue weighted by atomic mass is 15.1. The van der Waals surface area contributed by atoms with E-state index in [9.17, 15) is 0 Å². The zero-order chi connectivity index (χ0) is 15.0. The molecule has 114 valence electrons. The number of hydrogen-bond acceptors (Lipinski definition) is 3. The first kappa shape index (κ1) is 17.1. The lowest BCUT2D eigenvalue weighted by Crippen LogP contribution is -2.42. The molecule has 0 fully saturated rings. The van der Waals surface area contributed by atoms with Gasteiger partial charge in [0.1, 0.15) is 0 Å². The fourth-order valence-corrected chi connectivity index (χ4v) is 2.75. The molecular formula is C17H31N3. The second-order valence-electron chi connectivity index (χ2n) is 6.59. The Morgan fingerprint density at radius 2 is 2.10 bits per heavy atom. The van der Waals surface area contributed by atoms with E-state index in [1.165, 1.54) is 12.8 Å². The summed E-state index contributed by atoms with van der Waals surface area (Å²) in [5.74, 6) is 0. The minimum absolute atomic E-state index is 0.322. The van der Waals surface area contributed by atoms with Crippen LogP contribution in [-0.2, 0) is 6.54 Å². The Morgan fingerprint density at radius 1 is 1.35 bits per heavy atom. The van der Waals surface area contributed by atoms with Crippen LogP contribution < -0.4 is 5.32 Å². The highest BCUT2D eigenvalue weighted by Crippen LogP contribution is 2.24. The van der Waals surface area contributed by atoms with Crippen LogP contribution in [0.2, 0.25) is 0 Å². The van der Waals surface area contributed by atoms with E-state index in [2.05, 4.69) is 62.1 Å². The molecule has 1 rings (SSSR count). The van der Waals surface area contributed by atoms with Gasteiger partial charge in [0.25, 0.3) is 0 Å². The van der Waals surface area contributed by atoms with Crippen molar-refractivity contribution in [3.05, 3.63) is 30.1 Å². The molecule has 1 aromatic rings. The summed E-state index contributed by atoms with van der Waals surface area (Å²) >= 11 is 0. The lowest BCUT2D eigenvalue weighted by atomic mass is 9.84. The first-order valence-corrected chi connectivity index (χ1v) is 7.77. The first-order valence-electron chi connectivity index (χ1n) is 7.77. The number of nitrogens with one attached hydrogen (secondary N) is 1. The molecule has 20 heavy (non-hydrogen) atoms. The third-order valence-corrected chi connectivity index (χ3v) is 3.60. The van der Waals surface area contributed by atoms with Gasteiger partial charge in [0.05, 0.1) is 5.69 Å². The lowest BCUT2D eigenvalue weighted by molar-refractivity contribution is 0.164. The van der Waals surface area contributed by atoms with Gasteiger partial charge in [0.2, 0.25) is 0 Å². The largest absolute Gasteiger partial charge is 0.314 e. The Labute approximate surface area is 124 Å². The topological polar surface area (TPSA) is 28.2 Å². The van der Waals surface area contributed by atoms with Crippen LogP contribution in [0, 0.1) is 5.41 Å². The van der Waals surface area contributed by atoms with Gasteiger partial charge in [-0.25, -0.2) is 0 Å². The zero-order valence-electron chi connectivity index (χ0n) is 13.8. The van der Waals surface area contributed by atoms with Crippen LogP contribution in [0.4, 0.5) is 0 Å². The number of pyridine rings is 1. The summed E-state index contributed by atoms with van der Waals surface area (Å²) in [6.07, 6.45) is 4.35. The van der Waals surface area contributed by atoms with Crippen LogP contribution in [0.3, 0.4) is 0 Å². The maximum atomic E-state index is 4.41. The van der Waals surface area contributed by atoms with Gasteiger partial charge >= 0.3 is 0 Å². The van der Waals surface area contributed by atoms with Crippen molar-refractivity contribution >= 4 is 0 Å². The van der Waals surface area contributed by atoms with Crippen molar-refractivity contribution in [3.8, 4) is 0 Å². The van der Waals surface area contributed by atoms with Crippen LogP contribution in [0.15, 0.2) is 24.4 Å². The minimum atomic E-state index is 0.322. The van der Waals surface area contributed by atoms with Crippen molar-refractivity contribution in [2.45, 2.75) is 53.1 Å². The van der Waals surface area contributed by atoms with E-state index in [0.717, 1.165) is 25.3 Å². The maximum absolute atomic E-state index is 4.41. The molecule has 0 saturated heterocycles. The van der Waals surface area contributed by atoms with Crippen LogP contribution in [0.5, 0.6) is 0 Å². The molecule has 0 saturated carbocycles. The molecule has 1 N–H and O–H groups in total. The molecule has 0 radical (unpaired) electrons. The molecule has 3 heteroatoms. The predicted molar refractivity (Wildman–Crippen MR) is 86.7 cm³/mol. The Morgan fingerprint density at radius 3 is 2.65 bits per heavy atom. The average Bonchev–Trinajstić information content (AvgIpc) is 2.37. The SMILES string of the molecule is CCCC(C)(CNC(C)C)CN(C)Cc1ccccn1. The van der Waals surface area contributed by atoms with Gasteiger partial charge in [0.15, 0.2) is 0 Å². The molecule has 1 aromatic heterocycles. The molecule has 1 atom stereocenters. The molecule has 3 nitrogen and oxygen atoms in total. The summed E-state index contributed by atoms with van der Waals surface area (Å²) in [6.45, 7) is 12.2. The quantitative estimate of drug-likeness (QED) is 0.750. The Balaban J connectivity index is 2.55. The summed E-state index contributed by atoms with van der Waals surface area (Å²) in [7, 11) is 2.19. The summed E-state index contributed by atoms with van der Waals surface area (Å²) in [5.41, 5.74) is 1.47. The molecule has 0 aromatic carbocycles. The van der Waals surface area contributed by atoms with Crippen molar-refractivity contribution < 1.29 is 0 Å². The smallest absolute Gasteiger partial charge is 0.0543 e. The Hall–Kier alpha value is -0.930. The molecule has 0 bridgehead atoms. The van der Waals surface area contributed by atoms with E-state index in [-0.39, 0.29) is 0 Å². The summed E-state index contributed by atoms with van der Waals surface area (Å²) < 4.78 is 0. The van der Waals surface area contributed by atoms with Crippen molar-refractivity contribution in [1.82, 2.24) is 15.2 Å². The van der Waals surface area contributed by atoms with Crippen LogP contribution in [0.1, 0.15) is 46.2 Å². The third kappa shape index (κ3) is 6.49. The monoisotopic (exact) mass is 277 g/mol. The molecule has 0 spiro atoms. The third-order valence-electron chi connectivity index (χ3n) is 3.60. The van der Waals surface area contributed by atoms with Crippen LogP contribution in [-0.4, -0.2) is 36.1 Å². The normalized spacial score (nSPS) is 14.8. The highest BCUT2D eigenvalue weighted by Gasteiger charge is 2.25. The fraction of sp³-hybridized carbons (Fsp3) is 0.706. The van der Waals surface area contributed by atoms with E-state index < -0.39 is 0 Å². The highest BCUT2D eigenvalue weighted by molar-refractivity contribution is 5.03. The average molecular weight is 277 g/mol. The number of nitrogens with zero attached hydrogens (tertiary/aromatic N) is 2. The molecule has 1 unspecified atom stereocenters. The molecule has 0 amide bonds. The van der Waals surface area contributed by atoms with Gasteiger partial charge in [-0.15, -0.1) is 0 Å². The summed E-state index contributed by atoms with van der Waals surface area (Å²) in [5, 5.41) is 3.60. The maximum Gasteiger partial charge on any atom is 0.0543 e. The minimum Gasteiger partial charge on any atom is -0.314 e. The molecule has 1 heterocycles. The molecule has 0 aliphatic rings. The van der Waals surface area contributed by atoms with Crippen molar-refractivity contribution in [3.63, 3.8) is 0 Å². The molecule has 0 aliphatic carbocycles. The van der Waals surface area contributed by atoms with Gasteiger partial charge in [-0.3, -0.25) is 9.88 Å².